The zero-order valence-electron chi connectivity index (χ0n) is 17.3. The number of amides is 1. The number of halogens is 1. The summed E-state index contributed by atoms with van der Waals surface area (Å²) < 4.78 is 16.4. The van der Waals surface area contributed by atoms with Gasteiger partial charge in [0, 0.05) is 12.3 Å². The number of nitrogens with zero attached hydrogens (tertiary/aromatic N) is 4. The van der Waals surface area contributed by atoms with Crippen LogP contribution in [0, 0.1) is 5.82 Å². The van der Waals surface area contributed by atoms with Gasteiger partial charge in [-0.05, 0) is 23.3 Å². The first-order chi connectivity index (χ1) is 15.6. The Morgan fingerprint density at radius 1 is 1.09 bits per heavy atom. The minimum Gasteiger partial charge on any atom is -0.354 e. The molecule has 0 saturated carbocycles. The van der Waals surface area contributed by atoms with Gasteiger partial charge in [-0.2, -0.15) is 5.10 Å². The molecule has 0 fully saturated rings. The maximum atomic E-state index is 13.4. The second kappa shape index (κ2) is 10.2. The summed E-state index contributed by atoms with van der Waals surface area (Å²) >= 11 is 1.56. The number of nitrogens with one attached hydrogen (secondary N) is 1. The first kappa shape index (κ1) is 21.8. The standard InChI is InChI=1S/C23H22FN5O2S/c24-19-8-4-7-18(11-19)13-28-16-26-22-20(23(28)31)12-27-29(22)10-9-25-21(30)15-32-14-17-5-2-1-3-6-17/h1-8,11-12,16H,9-10,13-15H2,(H,25,30). The molecule has 0 aliphatic rings. The highest BCUT2D eigenvalue weighted by atomic mass is 32.2. The van der Waals surface area contributed by atoms with Gasteiger partial charge in [0.15, 0.2) is 5.65 Å². The first-order valence-electron chi connectivity index (χ1n) is 10.1. The fourth-order valence-corrected chi connectivity index (χ4v) is 4.11. The van der Waals surface area contributed by atoms with Gasteiger partial charge in [-0.1, -0.05) is 42.5 Å². The maximum absolute atomic E-state index is 13.4. The molecule has 4 aromatic rings. The molecule has 0 radical (unpaired) electrons. The van der Waals surface area contributed by atoms with E-state index in [1.807, 2.05) is 30.3 Å². The molecular weight excluding hydrogens is 429 g/mol. The van der Waals surface area contributed by atoms with Crippen LogP contribution in [-0.2, 0) is 23.6 Å². The van der Waals surface area contributed by atoms with Gasteiger partial charge in [0.2, 0.25) is 5.91 Å². The van der Waals surface area contributed by atoms with Crippen molar-refractivity contribution in [1.82, 2.24) is 24.6 Å². The fraction of sp³-hybridized carbons (Fsp3) is 0.217. The molecule has 32 heavy (non-hydrogen) atoms. The molecule has 4 rings (SSSR count). The molecular formula is C23H22FN5O2S. The molecule has 9 heteroatoms. The smallest absolute Gasteiger partial charge is 0.264 e. The third-order valence-corrected chi connectivity index (χ3v) is 5.86. The summed E-state index contributed by atoms with van der Waals surface area (Å²) in [7, 11) is 0. The second-order valence-electron chi connectivity index (χ2n) is 7.24. The van der Waals surface area contributed by atoms with Crippen LogP contribution >= 0.6 is 11.8 Å². The Kier molecular flexibility index (Phi) is 6.96. The average molecular weight is 452 g/mol. The fourth-order valence-electron chi connectivity index (χ4n) is 3.29. The summed E-state index contributed by atoms with van der Waals surface area (Å²) in [6.07, 6.45) is 2.91. The van der Waals surface area contributed by atoms with Gasteiger partial charge in [0.05, 0.1) is 25.0 Å². The Balaban J connectivity index is 1.31. The number of fused-ring (bicyclic) bond motifs is 1. The topological polar surface area (TPSA) is 81.8 Å². The lowest BCUT2D eigenvalue weighted by Gasteiger charge is -2.08. The second-order valence-corrected chi connectivity index (χ2v) is 8.23. The number of carbonyl (C=O) groups excluding carboxylic acids is 1. The van der Waals surface area contributed by atoms with Crippen molar-refractivity contribution in [3.63, 3.8) is 0 Å². The highest BCUT2D eigenvalue weighted by Crippen LogP contribution is 2.11. The van der Waals surface area contributed by atoms with E-state index >= 15 is 0 Å². The Morgan fingerprint density at radius 3 is 2.72 bits per heavy atom. The lowest BCUT2D eigenvalue weighted by molar-refractivity contribution is -0.118. The third-order valence-electron chi connectivity index (χ3n) is 4.85. The van der Waals surface area contributed by atoms with E-state index in [0.29, 0.717) is 35.4 Å². The zero-order chi connectivity index (χ0) is 22.3. The molecule has 1 N–H and O–H groups in total. The van der Waals surface area contributed by atoms with Crippen molar-refractivity contribution in [3.8, 4) is 0 Å². The van der Waals surface area contributed by atoms with Gasteiger partial charge in [-0.25, -0.2) is 14.1 Å². The molecule has 0 unspecified atom stereocenters. The van der Waals surface area contributed by atoms with Crippen molar-refractivity contribution < 1.29 is 9.18 Å². The van der Waals surface area contributed by atoms with Crippen LogP contribution in [0.15, 0.2) is 71.9 Å². The molecule has 0 bridgehead atoms. The van der Waals surface area contributed by atoms with E-state index in [9.17, 15) is 14.0 Å². The number of aromatic nitrogens is 4. The van der Waals surface area contributed by atoms with Gasteiger partial charge in [0.25, 0.3) is 5.56 Å². The van der Waals surface area contributed by atoms with Crippen molar-refractivity contribution in [2.75, 3.05) is 12.3 Å². The number of carbonyl (C=O) groups is 1. The van der Waals surface area contributed by atoms with E-state index in [0.717, 1.165) is 5.75 Å². The van der Waals surface area contributed by atoms with Crippen molar-refractivity contribution in [3.05, 3.63) is 94.4 Å². The number of hydrogen-bond acceptors (Lipinski definition) is 5. The molecule has 2 heterocycles. The van der Waals surface area contributed by atoms with E-state index in [4.69, 9.17) is 0 Å². The maximum Gasteiger partial charge on any atom is 0.264 e. The van der Waals surface area contributed by atoms with Crippen LogP contribution in [0.25, 0.3) is 11.0 Å². The van der Waals surface area contributed by atoms with Crippen molar-refractivity contribution in [2.45, 2.75) is 18.8 Å². The Morgan fingerprint density at radius 2 is 1.91 bits per heavy atom. The van der Waals surface area contributed by atoms with E-state index in [1.54, 1.807) is 28.6 Å². The Hall–Kier alpha value is -3.46. The average Bonchev–Trinajstić information content (AvgIpc) is 3.20. The first-order valence-corrected chi connectivity index (χ1v) is 11.3. The number of benzene rings is 2. The highest BCUT2D eigenvalue weighted by Gasteiger charge is 2.11. The monoisotopic (exact) mass is 451 g/mol. The molecule has 0 atom stereocenters. The van der Waals surface area contributed by atoms with Crippen LogP contribution in [0.1, 0.15) is 11.1 Å². The van der Waals surface area contributed by atoms with Crippen LogP contribution < -0.4 is 10.9 Å². The predicted molar refractivity (Wildman–Crippen MR) is 123 cm³/mol. The number of hydrogen-bond donors (Lipinski definition) is 1. The summed E-state index contributed by atoms with van der Waals surface area (Å²) in [6.45, 7) is 1.01. The lowest BCUT2D eigenvalue weighted by Crippen LogP contribution is -2.29. The summed E-state index contributed by atoms with van der Waals surface area (Å²) in [5.74, 6) is 0.757. The Bertz CT molecular complexity index is 1270. The summed E-state index contributed by atoms with van der Waals surface area (Å²) in [4.78, 5) is 29.2. The molecule has 1 amide bonds. The molecule has 2 aromatic carbocycles. The van der Waals surface area contributed by atoms with Gasteiger partial charge in [-0.15, -0.1) is 11.8 Å². The summed E-state index contributed by atoms with van der Waals surface area (Å²) in [6, 6.07) is 16.1. The van der Waals surface area contributed by atoms with E-state index in [-0.39, 0.29) is 23.8 Å². The van der Waals surface area contributed by atoms with Crippen LogP contribution in [0.5, 0.6) is 0 Å². The molecule has 0 saturated heterocycles. The van der Waals surface area contributed by atoms with E-state index < -0.39 is 0 Å². The summed E-state index contributed by atoms with van der Waals surface area (Å²) in [5, 5.41) is 7.49. The van der Waals surface area contributed by atoms with Crippen molar-refractivity contribution in [2.24, 2.45) is 0 Å². The molecule has 7 nitrogen and oxygen atoms in total. The molecule has 0 aliphatic carbocycles. The normalized spacial score (nSPS) is 11.0. The minimum absolute atomic E-state index is 0.0483. The Labute approximate surface area is 188 Å². The third kappa shape index (κ3) is 5.42. The van der Waals surface area contributed by atoms with Crippen LogP contribution in [0.2, 0.25) is 0 Å². The van der Waals surface area contributed by atoms with Gasteiger partial charge in [0.1, 0.15) is 17.5 Å². The van der Waals surface area contributed by atoms with Crippen molar-refractivity contribution in [1.29, 1.82) is 0 Å². The van der Waals surface area contributed by atoms with Crippen LogP contribution in [0.4, 0.5) is 4.39 Å². The van der Waals surface area contributed by atoms with Gasteiger partial charge < -0.3 is 5.32 Å². The van der Waals surface area contributed by atoms with E-state index in [1.165, 1.54) is 34.8 Å². The van der Waals surface area contributed by atoms with Gasteiger partial charge in [-0.3, -0.25) is 14.2 Å². The summed E-state index contributed by atoms with van der Waals surface area (Å²) in [5.41, 5.74) is 2.07. The van der Waals surface area contributed by atoms with Crippen LogP contribution in [-0.4, -0.2) is 37.5 Å². The number of thioether (sulfide) groups is 1. The van der Waals surface area contributed by atoms with Crippen molar-refractivity contribution >= 4 is 28.7 Å². The van der Waals surface area contributed by atoms with Crippen LogP contribution in [0.3, 0.4) is 0 Å². The van der Waals surface area contributed by atoms with E-state index in [2.05, 4.69) is 15.4 Å². The number of rotatable bonds is 9. The molecule has 0 aliphatic heterocycles. The highest BCUT2D eigenvalue weighted by molar-refractivity contribution is 7.99. The lowest BCUT2D eigenvalue weighted by atomic mass is 10.2. The zero-order valence-corrected chi connectivity index (χ0v) is 18.1. The van der Waals surface area contributed by atoms with Gasteiger partial charge >= 0.3 is 0 Å². The quantitative estimate of drug-likeness (QED) is 0.423. The largest absolute Gasteiger partial charge is 0.354 e. The minimum atomic E-state index is -0.349. The predicted octanol–water partition coefficient (Wildman–Crippen LogP) is 2.83. The SMILES string of the molecule is O=C(CSCc1ccccc1)NCCn1ncc2c(=O)n(Cc3cccc(F)c3)cnc21. The molecule has 2 aromatic heterocycles. The molecule has 0 spiro atoms. The molecule has 164 valence electrons.